The van der Waals surface area contributed by atoms with E-state index in [1.807, 2.05) is 48.5 Å². The number of ether oxygens (including phenoxy) is 2. The monoisotopic (exact) mass is 451 g/mol. The van der Waals surface area contributed by atoms with Crippen LogP contribution in [0.2, 0.25) is 0 Å². The van der Waals surface area contributed by atoms with Gasteiger partial charge >= 0.3 is 0 Å². The maximum atomic E-state index is 13.0. The van der Waals surface area contributed by atoms with Crippen molar-refractivity contribution in [2.45, 2.75) is 24.9 Å². The molecule has 2 aromatic carbocycles. The average Bonchev–Trinajstić information content (AvgIpc) is 3.40. The van der Waals surface area contributed by atoms with Gasteiger partial charge in [0.05, 0.1) is 32.3 Å². The lowest BCUT2D eigenvalue weighted by molar-refractivity contribution is -0.122. The molecule has 2 aliphatic rings. The fraction of sp³-hybridized carbons (Fsp3) is 0.462. The zero-order valence-corrected chi connectivity index (χ0v) is 18.9. The number of carbonyl (C=O) groups is 2. The van der Waals surface area contributed by atoms with E-state index in [2.05, 4.69) is 15.5 Å². The van der Waals surface area contributed by atoms with Crippen LogP contribution in [0.1, 0.15) is 34.8 Å². The fourth-order valence-electron chi connectivity index (χ4n) is 4.60. The number of amides is 2. The first-order valence-corrected chi connectivity index (χ1v) is 11.8. The fourth-order valence-corrected chi connectivity index (χ4v) is 4.60. The Morgan fingerprint density at radius 2 is 1.64 bits per heavy atom. The van der Waals surface area contributed by atoms with Gasteiger partial charge in [-0.1, -0.05) is 48.5 Å². The first kappa shape index (κ1) is 23.4. The lowest BCUT2D eigenvalue weighted by Gasteiger charge is -2.37. The molecule has 2 N–H and O–H groups in total. The van der Waals surface area contributed by atoms with Crippen molar-refractivity contribution in [1.82, 2.24) is 15.5 Å². The summed E-state index contributed by atoms with van der Waals surface area (Å²) in [5, 5.41) is 6.18. The van der Waals surface area contributed by atoms with Gasteiger partial charge in [0.2, 0.25) is 5.91 Å². The highest BCUT2D eigenvalue weighted by molar-refractivity contribution is 5.94. The molecule has 3 atom stereocenters. The van der Waals surface area contributed by atoms with E-state index in [1.165, 1.54) is 0 Å². The van der Waals surface area contributed by atoms with Gasteiger partial charge < -0.3 is 20.1 Å². The van der Waals surface area contributed by atoms with Crippen molar-refractivity contribution in [2.24, 2.45) is 5.92 Å². The van der Waals surface area contributed by atoms with Crippen molar-refractivity contribution in [3.05, 3.63) is 71.8 Å². The maximum Gasteiger partial charge on any atom is 0.251 e. The number of nitrogens with one attached hydrogen (secondary N) is 2. The molecule has 0 radical (unpaired) electrons. The summed E-state index contributed by atoms with van der Waals surface area (Å²) in [7, 11) is 0. The molecule has 0 saturated carbocycles. The van der Waals surface area contributed by atoms with Crippen LogP contribution in [0.4, 0.5) is 0 Å². The third-order valence-electron chi connectivity index (χ3n) is 6.46. The van der Waals surface area contributed by atoms with E-state index in [4.69, 9.17) is 9.47 Å². The van der Waals surface area contributed by atoms with Gasteiger partial charge in [-0.15, -0.1) is 0 Å². The summed E-state index contributed by atoms with van der Waals surface area (Å²) >= 11 is 0. The lowest BCUT2D eigenvalue weighted by atomic mass is 9.96. The van der Waals surface area contributed by atoms with E-state index in [-0.39, 0.29) is 24.3 Å². The van der Waals surface area contributed by atoms with Gasteiger partial charge in [-0.05, 0) is 24.1 Å². The van der Waals surface area contributed by atoms with E-state index in [1.54, 1.807) is 12.1 Å². The Morgan fingerprint density at radius 3 is 2.30 bits per heavy atom. The summed E-state index contributed by atoms with van der Waals surface area (Å²) in [6, 6.07) is 18.6. The van der Waals surface area contributed by atoms with Gasteiger partial charge in [0.1, 0.15) is 0 Å². The molecule has 0 spiro atoms. The van der Waals surface area contributed by atoms with Gasteiger partial charge in [-0.25, -0.2) is 0 Å². The summed E-state index contributed by atoms with van der Waals surface area (Å²) in [5.74, 6) is 0.145. The Morgan fingerprint density at radius 1 is 0.939 bits per heavy atom. The predicted octanol–water partition coefficient (Wildman–Crippen LogP) is 2.40. The summed E-state index contributed by atoms with van der Waals surface area (Å²) in [4.78, 5) is 28.2. The molecule has 2 heterocycles. The molecule has 0 bridgehead atoms. The maximum absolute atomic E-state index is 13.0. The van der Waals surface area contributed by atoms with Crippen molar-refractivity contribution in [1.29, 1.82) is 0 Å². The third kappa shape index (κ3) is 6.63. The first-order valence-electron chi connectivity index (χ1n) is 11.8. The molecule has 7 nitrogen and oxygen atoms in total. The SMILES string of the molecule is O=C(CC(NC(=O)c1ccccc1)c1ccccc1)NCC(C1CCOC1)N1CCOCC1. The van der Waals surface area contributed by atoms with Gasteiger partial charge in [0.15, 0.2) is 0 Å². The number of nitrogens with zero attached hydrogens (tertiary/aromatic N) is 1. The van der Waals surface area contributed by atoms with Crippen molar-refractivity contribution in [3.63, 3.8) is 0 Å². The van der Waals surface area contributed by atoms with Gasteiger partial charge in [-0.3, -0.25) is 14.5 Å². The predicted molar refractivity (Wildman–Crippen MR) is 126 cm³/mol. The normalized spacial score (nSPS) is 20.7. The van der Waals surface area contributed by atoms with Crippen LogP contribution in [-0.2, 0) is 14.3 Å². The van der Waals surface area contributed by atoms with Crippen LogP contribution < -0.4 is 10.6 Å². The van der Waals surface area contributed by atoms with Crippen LogP contribution in [0.5, 0.6) is 0 Å². The zero-order valence-electron chi connectivity index (χ0n) is 18.9. The van der Waals surface area contributed by atoms with Gasteiger partial charge in [-0.2, -0.15) is 0 Å². The Labute approximate surface area is 195 Å². The minimum Gasteiger partial charge on any atom is -0.381 e. The van der Waals surface area contributed by atoms with Crippen LogP contribution in [-0.4, -0.2) is 68.8 Å². The number of hydrogen-bond donors (Lipinski definition) is 2. The molecule has 7 heteroatoms. The Balaban J connectivity index is 1.39. The zero-order chi connectivity index (χ0) is 22.9. The van der Waals surface area contributed by atoms with Crippen LogP contribution in [0.3, 0.4) is 0 Å². The molecular formula is C26H33N3O4. The third-order valence-corrected chi connectivity index (χ3v) is 6.46. The minimum absolute atomic E-state index is 0.0746. The molecule has 2 aromatic rings. The highest BCUT2D eigenvalue weighted by Gasteiger charge is 2.32. The van der Waals surface area contributed by atoms with Crippen LogP contribution in [0.15, 0.2) is 60.7 Å². The number of benzene rings is 2. The second kappa shape index (κ2) is 11.9. The topological polar surface area (TPSA) is 79.9 Å². The second-order valence-corrected chi connectivity index (χ2v) is 8.65. The number of morpholine rings is 1. The summed E-state index contributed by atoms with van der Waals surface area (Å²) in [5.41, 5.74) is 1.48. The molecule has 0 aromatic heterocycles. The molecule has 0 aliphatic carbocycles. The minimum atomic E-state index is -0.407. The molecule has 2 fully saturated rings. The Kier molecular flexibility index (Phi) is 8.47. The highest BCUT2D eigenvalue weighted by atomic mass is 16.5. The van der Waals surface area contributed by atoms with Crippen molar-refractivity contribution < 1.29 is 19.1 Å². The average molecular weight is 452 g/mol. The second-order valence-electron chi connectivity index (χ2n) is 8.65. The molecule has 2 saturated heterocycles. The molecule has 3 unspecified atom stereocenters. The summed E-state index contributed by atoms with van der Waals surface area (Å²) in [6.45, 7) is 5.27. The largest absolute Gasteiger partial charge is 0.381 e. The van der Waals surface area contributed by atoms with Crippen molar-refractivity contribution in [3.8, 4) is 0 Å². The van der Waals surface area contributed by atoms with Crippen LogP contribution in [0.25, 0.3) is 0 Å². The lowest BCUT2D eigenvalue weighted by Crippen LogP contribution is -2.52. The number of carbonyl (C=O) groups excluding carboxylic acids is 2. The molecule has 2 amide bonds. The van der Waals surface area contributed by atoms with Gasteiger partial charge in [0, 0.05) is 43.8 Å². The van der Waals surface area contributed by atoms with E-state index < -0.39 is 6.04 Å². The van der Waals surface area contributed by atoms with Crippen molar-refractivity contribution in [2.75, 3.05) is 46.1 Å². The molecule has 33 heavy (non-hydrogen) atoms. The van der Waals surface area contributed by atoms with Crippen LogP contribution in [0, 0.1) is 5.92 Å². The standard InChI is InChI=1S/C26H33N3O4/c30-25(27-18-24(22-11-14-33-19-22)29-12-15-32-16-13-29)17-23(20-7-3-1-4-8-20)28-26(31)21-9-5-2-6-10-21/h1-10,22-24H,11-19H2,(H,27,30)(H,28,31). The Hall–Kier alpha value is -2.74. The highest BCUT2D eigenvalue weighted by Crippen LogP contribution is 2.22. The molecular weight excluding hydrogens is 418 g/mol. The summed E-state index contributed by atoms with van der Waals surface area (Å²) in [6.07, 6.45) is 1.19. The van der Waals surface area contributed by atoms with E-state index in [0.29, 0.717) is 18.0 Å². The number of rotatable bonds is 9. The van der Waals surface area contributed by atoms with E-state index >= 15 is 0 Å². The van der Waals surface area contributed by atoms with E-state index in [9.17, 15) is 9.59 Å². The first-order chi connectivity index (χ1) is 16.2. The molecule has 176 valence electrons. The Bertz CT molecular complexity index is 881. The van der Waals surface area contributed by atoms with Crippen LogP contribution >= 0.6 is 0 Å². The van der Waals surface area contributed by atoms with E-state index in [0.717, 1.165) is 51.5 Å². The number of hydrogen-bond acceptors (Lipinski definition) is 5. The molecule has 2 aliphatic heterocycles. The van der Waals surface area contributed by atoms with Gasteiger partial charge in [0.25, 0.3) is 5.91 Å². The smallest absolute Gasteiger partial charge is 0.251 e. The quantitative estimate of drug-likeness (QED) is 0.612. The van der Waals surface area contributed by atoms with Crippen molar-refractivity contribution >= 4 is 11.8 Å². The molecule has 4 rings (SSSR count). The summed E-state index contributed by atoms with van der Waals surface area (Å²) < 4.78 is 11.1.